The van der Waals surface area contributed by atoms with Gasteiger partial charge in [0.15, 0.2) is 0 Å². The first-order valence-electron chi connectivity index (χ1n) is 2.68. The molecular weight excluding hydrogens is 207 g/mol. The van der Waals surface area contributed by atoms with Crippen LogP contribution < -0.4 is 11.5 Å². The number of hydrogen-bond donors (Lipinski definition) is 2. The predicted octanol–water partition coefficient (Wildman–Crippen LogP) is -0.349. The molecule has 54 valence electrons. The molecule has 0 aliphatic carbocycles. The van der Waals surface area contributed by atoms with Gasteiger partial charge in [0.1, 0.15) is 0 Å². The maximum atomic E-state index is 8.54. The Hall–Kier alpha value is -1.42. The number of nitrogen functional groups attached to an aromatic ring is 2. The molecule has 0 saturated carbocycles. The van der Waals surface area contributed by atoms with Crippen LogP contribution in [0.4, 0.5) is 9.12 Å². The molecule has 1 heterocycles. The van der Waals surface area contributed by atoms with Crippen LogP contribution >= 0.6 is 0 Å². The third-order valence-corrected chi connectivity index (χ3v) is 2.97. The van der Waals surface area contributed by atoms with Crippen LogP contribution in [0.1, 0.15) is 11.1 Å². The van der Waals surface area contributed by atoms with E-state index < -0.39 is 0 Å². The van der Waals surface area contributed by atoms with Gasteiger partial charge in [0.25, 0.3) is 0 Å². The van der Waals surface area contributed by atoms with Crippen LogP contribution in [-0.2, 0) is 0 Å². The van der Waals surface area contributed by atoms with Crippen molar-refractivity contribution in [2.45, 2.75) is 0 Å². The molecule has 0 aliphatic rings. The van der Waals surface area contributed by atoms with Crippen molar-refractivity contribution in [1.29, 1.82) is 10.5 Å². The Bertz CT molecular complexity index is 331. The molecule has 0 aromatic carbocycles. The first kappa shape index (κ1) is 7.68. The quantitative estimate of drug-likeness (QED) is 0.573. The third kappa shape index (κ3) is 1.08. The summed E-state index contributed by atoms with van der Waals surface area (Å²) >= 11 is -0.198. The van der Waals surface area contributed by atoms with E-state index in [1.807, 2.05) is 12.1 Å². The molecule has 1 rings (SSSR count). The number of hydrogen-bond acceptors (Lipinski definition) is 4. The van der Waals surface area contributed by atoms with E-state index >= 15 is 0 Å². The number of anilines is 2. The van der Waals surface area contributed by atoms with Gasteiger partial charge in [-0.05, 0) is 0 Å². The van der Waals surface area contributed by atoms with Gasteiger partial charge in [0, 0.05) is 0 Å². The van der Waals surface area contributed by atoms with E-state index in [0.29, 0.717) is 9.12 Å². The van der Waals surface area contributed by atoms with E-state index in [2.05, 4.69) is 0 Å². The van der Waals surface area contributed by atoms with Crippen LogP contribution in [0.3, 0.4) is 0 Å². The van der Waals surface area contributed by atoms with Crippen molar-refractivity contribution in [3.8, 4) is 12.1 Å². The van der Waals surface area contributed by atoms with Gasteiger partial charge in [-0.15, -0.1) is 0 Å². The van der Waals surface area contributed by atoms with Crippen molar-refractivity contribution in [1.82, 2.24) is 0 Å². The van der Waals surface area contributed by atoms with Crippen molar-refractivity contribution < 1.29 is 0 Å². The molecule has 0 unspecified atom stereocenters. The summed E-state index contributed by atoms with van der Waals surface area (Å²) in [6.45, 7) is 0. The number of nitrogens with zero attached hydrogens (tertiary/aromatic N) is 2. The Kier molecular flexibility index (Phi) is 1.87. The maximum absolute atomic E-state index is 8.54. The summed E-state index contributed by atoms with van der Waals surface area (Å²) in [6, 6.07) is 3.71. The zero-order chi connectivity index (χ0) is 8.43. The van der Waals surface area contributed by atoms with Gasteiger partial charge in [0.05, 0.1) is 0 Å². The van der Waals surface area contributed by atoms with Crippen molar-refractivity contribution in [3.63, 3.8) is 0 Å². The molecule has 0 spiro atoms. The van der Waals surface area contributed by atoms with E-state index in [1.165, 1.54) is 0 Å². The van der Waals surface area contributed by atoms with Crippen molar-refractivity contribution >= 4 is 23.6 Å². The summed E-state index contributed by atoms with van der Waals surface area (Å²) < 4.78 is 0.906. The number of nitrogens with two attached hydrogens (primary N) is 2. The molecule has 0 amide bonds. The molecule has 0 radical (unpaired) electrons. The second kappa shape index (κ2) is 2.67. The summed E-state index contributed by atoms with van der Waals surface area (Å²) in [4.78, 5) is 0. The Labute approximate surface area is 69.4 Å². The Morgan fingerprint density at radius 3 is 1.64 bits per heavy atom. The zero-order valence-corrected chi connectivity index (χ0v) is 7.17. The molecule has 0 aliphatic heterocycles. The minimum absolute atomic E-state index is 0.198. The fourth-order valence-corrected chi connectivity index (χ4v) is 2.23. The molecule has 0 fully saturated rings. The topological polar surface area (TPSA) is 99.6 Å². The van der Waals surface area contributed by atoms with Gasteiger partial charge >= 0.3 is 68.9 Å². The summed E-state index contributed by atoms with van der Waals surface area (Å²) in [6.07, 6.45) is 0. The Morgan fingerprint density at radius 2 is 1.36 bits per heavy atom. The van der Waals surface area contributed by atoms with Crippen molar-refractivity contribution in [2.75, 3.05) is 11.5 Å². The minimum atomic E-state index is -0.198. The summed E-state index contributed by atoms with van der Waals surface area (Å²) in [5.41, 5.74) is 11.4. The average Bonchev–Trinajstić information content (AvgIpc) is 2.24. The van der Waals surface area contributed by atoms with Gasteiger partial charge in [0.2, 0.25) is 0 Å². The first-order chi connectivity index (χ1) is 5.20. The van der Waals surface area contributed by atoms with E-state index in [1.54, 1.807) is 0 Å². The third-order valence-electron chi connectivity index (χ3n) is 1.19. The van der Waals surface area contributed by atoms with Crippen LogP contribution in [0.5, 0.6) is 0 Å². The fraction of sp³-hybridized carbons (Fsp3) is 0. The van der Waals surface area contributed by atoms with Gasteiger partial charge in [-0.2, -0.15) is 0 Å². The van der Waals surface area contributed by atoms with Crippen molar-refractivity contribution in [2.24, 2.45) is 0 Å². The molecule has 0 saturated heterocycles. The molecule has 4 N–H and O–H groups in total. The molecule has 1 aromatic heterocycles. The standard InChI is InChI=1S/C6H4N4Se/c7-1-3-4(2-8)6(10)11-5(3)9/h9-10H2. The normalized spacial score (nSPS) is 8.55. The van der Waals surface area contributed by atoms with E-state index in [4.69, 9.17) is 22.0 Å². The van der Waals surface area contributed by atoms with E-state index in [-0.39, 0.29) is 25.6 Å². The average molecular weight is 211 g/mol. The SMILES string of the molecule is N#Cc1c(N)[se]c(N)c1C#N. The molecule has 11 heavy (non-hydrogen) atoms. The Balaban J connectivity index is 3.47. The molecule has 1 aromatic rings. The summed E-state index contributed by atoms with van der Waals surface area (Å²) in [5.74, 6) is 0. The van der Waals surface area contributed by atoms with Crippen LogP contribution in [0.2, 0.25) is 0 Å². The van der Waals surface area contributed by atoms with Crippen LogP contribution in [0.25, 0.3) is 0 Å². The number of rotatable bonds is 0. The molecule has 0 bridgehead atoms. The second-order valence-corrected chi connectivity index (χ2v) is 4.08. The summed E-state index contributed by atoms with van der Waals surface area (Å²) in [5, 5.41) is 17.1. The van der Waals surface area contributed by atoms with E-state index in [9.17, 15) is 0 Å². The Morgan fingerprint density at radius 1 is 1.00 bits per heavy atom. The van der Waals surface area contributed by atoms with E-state index in [0.717, 1.165) is 0 Å². The molecule has 0 atom stereocenters. The molecule has 4 nitrogen and oxygen atoms in total. The van der Waals surface area contributed by atoms with Crippen LogP contribution in [-0.4, -0.2) is 14.5 Å². The van der Waals surface area contributed by atoms with Crippen molar-refractivity contribution in [3.05, 3.63) is 11.1 Å². The van der Waals surface area contributed by atoms with Gasteiger partial charge < -0.3 is 0 Å². The second-order valence-electron chi connectivity index (χ2n) is 1.80. The van der Waals surface area contributed by atoms with Gasteiger partial charge in [-0.3, -0.25) is 0 Å². The molecular formula is C6H4N4Se. The zero-order valence-electron chi connectivity index (χ0n) is 5.46. The molecule has 5 heteroatoms. The monoisotopic (exact) mass is 212 g/mol. The number of nitriles is 2. The van der Waals surface area contributed by atoms with Gasteiger partial charge in [-0.1, -0.05) is 0 Å². The van der Waals surface area contributed by atoms with Crippen LogP contribution in [0.15, 0.2) is 0 Å². The van der Waals surface area contributed by atoms with Crippen LogP contribution in [0, 0.1) is 22.7 Å². The fourth-order valence-electron chi connectivity index (χ4n) is 0.689. The summed E-state index contributed by atoms with van der Waals surface area (Å²) in [7, 11) is 0. The predicted molar refractivity (Wildman–Crippen MR) is 41.6 cm³/mol. The van der Waals surface area contributed by atoms with Gasteiger partial charge in [-0.25, -0.2) is 0 Å². The first-order valence-corrected chi connectivity index (χ1v) is 4.40.